The van der Waals surface area contributed by atoms with Crippen molar-refractivity contribution in [2.24, 2.45) is 69.0 Å². The van der Waals surface area contributed by atoms with Crippen LogP contribution in [0.2, 0.25) is 0 Å². The van der Waals surface area contributed by atoms with Crippen molar-refractivity contribution in [3.63, 3.8) is 0 Å². The number of nitrogens with one attached hydrogen (secondary N) is 12. The number of carboxylic acids is 2. The monoisotopic (exact) mass is 1380 g/mol. The van der Waals surface area contributed by atoms with Gasteiger partial charge in [0.15, 0.2) is 5.96 Å². The van der Waals surface area contributed by atoms with Gasteiger partial charge in [0.1, 0.15) is 72.5 Å². The SMILES string of the molecule is CC[C@H](C)[C@H](NC(=O)[C@H](C)NC(=O)[C@H](CC(=O)O)NC(=O)[C@@H](NC(=O)[C@H](CC(N)=O)NC(=O)[C@H](CCCN=C(N)N)NC(=O)[C@H](CCCCN)NC(=O)[C@H](CCCCN)NC(=O)[C@H](C)NC(=O)[C@@H](NC(=O)[C@@H](NC(=O)[C@@H](NC(=O)CN)[C@@H](C)CC)C(C)C)C(C)C)C(C)C)C(=O)O. The van der Waals surface area contributed by atoms with Gasteiger partial charge in [-0.15, -0.1) is 0 Å². The van der Waals surface area contributed by atoms with Gasteiger partial charge >= 0.3 is 11.9 Å². The van der Waals surface area contributed by atoms with Crippen LogP contribution in [-0.2, 0) is 71.9 Å². The number of rotatable bonds is 48. The van der Waals surface area contributed by atoms with Gasteiger partial charge in [0.2, 0.25) is 76.8 Å². The molecule has 0 aromatic heterocycles. The van der Waals surface area contributed by atoms with Crippen LogP contribution in [-0.4, -0.2) is 204 Å². The van der Waals surface area contributed by atoms with Crippen LogP contribution in [0.4, 0.5) is 0 Å². The Balaban J connectivity index is 6.95. The average molecular weight is 1380 g/mol. The number of unbranched alkanes of at least 4 members (excludes halogenated alkanes) is 2. The van der Waals surface area contributed by atoms with E-state index in [2.05, 4.69) is 68.8 Å². The number of aliphatic imine (C=N–C) groups is 1. The summed E-state index contributed by atoms with van der Waals surface area (Å²) in [6.45, 7) is 18.8. The lowest BCUT2D eigenvalue weighted by Crippen LogP contribution is -2.62. The number of primary amides is 1. The minimum atomic E-state index is -1.88. The van der Waals surface area contributed by atoms with Gasteiger partial charge in [0, 0.05) is 6.54 Å². The first-order chi connectivity index (χ1) is 45.3. The standard InChI is InChI=1S/C61H111N19O17/c1-13-32(9)47(76-42(82)28-64)59(95)79-46(31(7)8)58(94)78-44(29(3)4)56(92)70-34(11)49(85)71-36(20-15-17-23-62)51(87)72-37(21-16-18-24-63)52(88)73-38(22-19-25-68-61(66)67)53(89)74-39(26-41(65)81)55(91)77-45(30(5)6)57(93)75-40(27-43(83)84)54(90)69-35(12)50(86)80-48(60(96)97)33(10)14-2/h29-40,44-48H,13-28,62-64H2,1-12H3,(H2,65,81)(H,69,90)(H,70,92)(H,71,85)(H,72,87)(H,73,88)(H,74,89)(H,75,93)(H,76,82)(H,77,91)(H,78,94)(H,79,95)(H,80,86)(H,83,84)(H,96,97)(H4,66,67,68)/t32-,33-,34-,35-,36-,37-,38-,39-,40-,44-,45-,46-,47-,48-/m0/s1. The van der Waals surface area contributed by atoms with E-state index in [-0.39, 0.29) is 76.6 Å². The summed E-state index contributed by atoms with van der Waals surface area (Å²) in [5.74, 6) is -18.1. The normalized spacial score (nSPS) is 15.5. The number of amides is 13. The molecule has 0 bridgehead atoms. The maximum absolute atomic E-state index is 14.5. The Morgan fingerprint density at radius 3 is 1.07 bits per heavy atom. The van der Waals surface area contributed by atoms with Crippen molar-refractivity contribution >= 4 is 94.7 Å². The van der Waals surface area contributed by atoms with Crippen LogP contribution in [0.3, 0.4) is 0 Å². The van der Waals surface area contributed by atoms with Gasteiger partial charge in [0.25, 0.3) is 0 Å². The molecule has 0 heterocycles. The van der Waals surface area contributed by atoms with Gasteiger partial charge in [-0.05, 0) is 108 Å². The number of carboxylic acid groups (broad SMARTS) is 2. The van der Waals surface area contributed by atoms with Crippen LogP contribution >= 0.6 is 0 Å². The third kappa shape index (κ3) is 33.1. The molecule has 0 aliphatic heterocycles. The lowest BCUT2D eigenvalue weighted by molar-refractivity contribution is -0.144. The zero-order chi connectivity index (χ0) is 74.6. The molecule has 36 nitrogen and oxygen atoms in total. The molecule has 0 aromatic rings. The highest BCUT2D eigenvalue weighted by molar-refractivity contribution is 6.01. The molecule has 0 radical (unpaired) electrons. The summed E-state index contributed by atoms with van der Waals surface area (Å²) in [6.07, 6.45) is -0.150. The second-order valence-corrected chi connectivity index (χ2v) is 25.1. The maximum atomic E-state index is 14.5. The Morgan fingerprint density at radius 1 is 0.361 bits per heavy atom. The molecule has 26 N–H and O–H groups in total. The molecule has 14 atom stereocenters. The van der Waals surface area contributed by atoms with E-state index < -0.39 is 198 Å². The van der Waals surface area contributed by atoms with E-state index in [9.17, 15) is 82.1 Å². The van der Waals surface area contributed by atoms with Gasteiger partial charge in [-0.25, -0.2) is 4.79 Å². The number of nitrogens with two attached hydrogens (primary N) is 6. The number of nitrogens with zero attached hydrogens (tertiary/aromatic N) is 1. The lowest BCUT2D eigenvalue weighted by Gasteiger charge is -2.30. The van der Waals surface area contributed by atoms with Crippen molar-refractivity contribution in [2.75, 3.05) is 26.2 Å². The number of hydrogen-bond acceptors (Lipinski definition) is 19. The molecule has 0 aliphatic rings. The minimum absolute atomic E-state index is 0.0000239. The van der Waals surface area contributed by atoms with E-state index >= 15 is 0 Å². The number of guanidine groups is 1. The zero-order valence-electron chi connectivity index (χ0n) is 58.1. The Kier molecular flexibility index (Phi) is 41.5. The first kappa shape index (κ1) is 88.2. The van der Waals surface area contributed by atoms with E-state index in [1.165, 1.54) is 27.7 Å². The molecule has 13 amide bonds. The number of carbonyl (C=O) groups is 15. The third-order valence-corrected chi connectivity index (χ3v) is 15.8. The van der Waals surface area contributed by atoms with Crippen LogP contribution in [0.15, 0.2) is 4.99 Å². The topological polar surface area (TPSA) is 609 Å². The predicted molar refractivity (Wildman–Crippen MR) is 356 cm³/mol. The Morgan fingerprint density at radius 2 is 0.680 bits per heavy atom. The predicted octanol–water partition coefficient (Wildman–Crippen LogP) is -5.39. The number of carbonyl (C=O) groups excluding carboxylic acids is 13. The van der Waals surface area contributed by atoms with Crippen LogP contribution in [0.1, 0.15) is 160 Å². The van der Waals surface area contributed by atoms with Crippen molar-refractivity contribution in [1.29, 1.82) is 0 Å². The fraction of sp³-hybridized carbons (Fsp3) is 0.738. The fourth-order valence-electron chi connectivity index (χ4n) is 9.45. The molecule has 36 heteroatoms. The summed E-state index contributed by atoms with van der Waals surface area (Å²) >= 11 is 0. The van der Waals surface area contributed by atoms with Crippen molar-refractivity contribution in [2.45, 2.75) is 233 Å². The molecule has 0 aromatic carbocycles. The summed E-state index contributed by atoms with van der Waals surface area (Å²) in [5, 5.41) is 49.2. The molecular formula is C61H111N19O17. The molecule has 0 fully saturated rings. The quantitative estimate of drug-likeness (QED) is 0.0154. The summed E-state index contributed by atoms with van der Waals surface area (Å²) in [7, 11) is 0. The number of aliphatic carboxylic acids is 2. The lowest BCUT2D eigenvalue weighted by atomic mass is 9.96. The third-order valence-electron chi connectivity index (χ3n) is 15.8. The average Bonchev–Trinajstić information content (AvgIpc) is 1.08. The first-order valence-corrected chi connectivity index (χ1v) is 32.8. The van der Waals surface area contributed by atoms with Crippen molar-refractivity contribution in [3.8, 4) is 0 Å². The van der Waals surface area contributed by atoms with Gasteiger partial charge in [-0.1, -0.05) is 82.1 Å². The van der Waals surface area contributed by atoms with Gasteiger partial charge in [-0.2, -0.15) is 0 Å². The second kappa shape index (κ2) is 45.6. The highest BCUT2D eigenvalue weighted by atomic mass is 16.4. The molecule has 0 unspecified atom stereocenters. The molecular weight excluding hydrogens is 1270 g/mol. The first-order valence-electron chi connectivity index (χ1n) is 32.8. The van der Waals surface area contributed by atoms with Gasteiger partial charge in [-0.3, -0.25) is 72.1 Å². The van der Waals surface area contributed by atoms with E-state index in [4.69, 9.17) is 34.4 Å². The fourth-order valence-corrected chi connectivity index (χ4v) is 9.45. The summed E-state index contributed by atoms with van der Waals surface area (Å²) in [5.41, 5.74) is 33.6. The molecule has 0 saturated heterocycles. The van der Waals surface area contributed by atoms with Crippen LogP contribution < -0.4 is 98.2 Å². The highest BCUT2D eigenvalue weighted by Crippen LogP contribution is 2.15. The van der Waals surface area contributed by atoms with Crippen LogP contribution in [0.25, 0.3) is 0 Å². The summed E-state index contributed by atoms with van der Waals surface area (Å²) in [6, 6.07) is -17.3. The van der Waals surface area contributed by atoms with Crippen LogP contribution in [0, 0.1) is 29.6 Å². The molecule has 97 heavy (non-hydrogen) atoms. The smallest absolute Gasteiger partial charge is 0.326 e. The second-order valence-electron chi connectivity index (χ2n) is 25.1. The summed E-state index contributed by atoms with van der Waals surface area (Å²) < 4.78 is 0. The van der Waals surface area contributed by atoms with Crippen LogP contribution in [0.5, 0.6) is 0 Å². The molecule has 0 aliphatic carbocycles. The molecule has 0 rings (SSSR count). The van der Waals surface area contributed by atoms with E-state index in [1.54, 1.807) is 48.5 Å². The van der Waals surface area contributed by atoms with Crippen molar-refractivity contribution in [3.05, 3.63) is 0 Å². The largest absolute Gasteiger partial charge is 0.481 e. The van der Waals surface area contributed by atoms with E-state index in [0.29, 0.717) is 25.7 Å². The van der Waals surface area contributed by atoms with Gasteiger partial charge < -0.3 is 108 Å². The van der Waals surface area contributed by atoms with Crippen molar-refractivity contribution in [1.82, 2.24) is 63.8 Å². The molecule has 0 spiro atoms. The molecule has 552 valence electrons. The van der Waals surface area contributed by atoms with E-state index in [1.807, 2.05) is 6.92 Å². The number of hydrogen-bond donors (Lipinski definition) is 20. The Bertz CT molecular complexity index is 2700. The van der Waals surface area contributed by atoms with E-state index in [0.717, 1.165) is 0 Å². The highest BCUT2D eigenvalue weighted by Gasteiger charge is 2.39. The van der Waals surface area contributed by atoms with Gasteiger partial charge in [0.05, 0.1) is 19.4 Å². The zero-order valence-corrected chi connectivity index (χ0v) is 58.1. The maximum Gasteiger partial charge on any atom is 0.326 e. The molecule has 0 saturated carbocycles. The summed E-state index contributed by atoms with van der Waals surface area (Å²) in [4.78, 5) is 205. The Labute approximate surface area is 566 Å². The van der Waals surface area contributed by atoms with Crippen molar-refractivity contribution < 1.29 is 82.1 Å². The minimum Gasteiger partial charge on any atom is -0.481 e. The Hall–Kier alpha value is -8.80.